The first-order valence-corrected chi connectivity index (χ1v) is 32.6. The maximum absolute atomic E-state index is 13.0. The number of carbonyl (C=O) groups excluding carboxylic acids is 9. The van der Waals surface area contributed by atoms with Gasteiger partial charge in [0.05, 0.1) is 12.3 Å². The molecule has 0 radical (unpaired) electrons. The Balaban J connectivity index is 0. The van der Waals surface area contributed by atoms with Crippen LogP contribution < -0.4 is 20.4 Å². The summed E-state index contributed by atoms with van der Waals surface area (Å²) in [5.41, 5.74) is 0. The van der Waals surface area contributed by atoms with Crippen LogP contribution in [0.15, 0.2) is 72.9 Å². The number of unbranched alkanes of at least 4 members (excludes halogenated alkanes) is 21. The van der Waals surface area contributed by atoms with Crippen LogP contribution >= 0.6 is 0 Å². The molecule has 7 unspecified atom stereocenters. The van der Waals surface area contributed by atoms with Crippen LogP contribution in [0.3, 0.4) is 0 Å². The molecule has 0 saturated carbocycles. The molecule has 1 rings (SSSR count). The molecule has 0 aromatic carbocycles. The monoisotopic (exact) mass is 1280 g/mol. The number of esters is 5. The fourth-order valence-electron chi connectivity index (χ4n) is 10.4. The van der Waals surface area contributed by atoms with Crippen LogP contribution in [0.2, 0.25) is 0 Å². The predicted octanol–water partition coefficient (Wildman–Crippen LogP) is 9.44. The van der Waals surface area contributed by atoms with Gasteiger partial charge < -0.3 is 58.6 Å². The Labute approximate surface area is 586 Å². The average Bonchev–Trinajstić information content (AvgIpc) is 3.87. The Morgan fingerprint density at radius 3 is 1.42 bits per heavy atom. The van der Waals surface area contributed by atoms with Crippen molar-refractivity contribution in [3.05, 3.63) is 72.9 Å². The van der Waals surface area contributed by atoms with Crippen LogP contribution in [-0.2, 0) is 62.1 Å². The van der Waals surface area contributed by atoms with Crippen molar-refractivity contribution in [2.24, 2.45) is 35.5 Å². The van der Waals surface area contributed by atoms with Crippen molar-refractivity contribution < 1.29 is 82.5 Å². The number of hydrogen-bond acceptors (Lipinski definition) is 17. The number of carboxylic acid groups (broad SMARTS) is 4. The van der Waals surface area contributed by atoms with Crippen molar-refractivity contribution in [1.29, 1.82) is 0 Å². The molecule has 0 bridgehead atoms. The number of ether oxygens (including phenoxy) is 4. The standard InChI is InChI=1S/C69H108O17.2Ca/c1-4-7-9-10-26-35-44-56(59(68(80)81)50-62(72)73)45-37-29-24-25-32-40-48-65(76)85-57(52-83-63(74)46-38-30-22-18-14-12-11-13-16-20-27-34-41-54(6-3)60-51-66(77)86-69(60)82)53-84-64(75)47-39-31-23-19-15-17-21-28-36-43-55(42-33-8-5-2)58(67(78)79)49-61(70)71;;/h11,13,20-21,27-28,34,36-37,41,43,45,54-60H,4-10,12,14-19,22-26,29-33,35,38-40,42,44,46-53H2,1-3H3,(H,70,71)(H,72,73)(H,78,79)(H,80,81);;/q;2*+2/p-4/b13-11-,27-20-,28-21-,41-34+,43-36+,45-37+;;. The SMILES string of the molecule is CCCCCCCCC(/C=C/CCCCCCC(=O)OC(COC(=O)CCCCCCC/C=C\C=C\C(CCCCC)C(CC(=O)[O-])C(=O)[O-])COC(=O)CCCCCCC/C=C\C/C=C\C=C\C(CC)C1CC(=O)OC1=O)C(CC(=O)[O-])C(=O)[O-].[Ca+2].[Ca+2]. The van der Waals surface area contributed by atoms with Gasteiger partial charge in [0.1, 0.15) is 13.2 Å². The zero-order valence-electron chi connectivity index (χ0n) is 53.7. The van der Waals surface area contributed by atoms with Crippen LogP contribution in [0.25, 0.3) is 0 Å². The van der Waals surface area contributed by atoms with Crippen molar-refractivity contribution in [3.63, 3.8) is 0 Å². The summed E-state index contributed by atoms with van der Waals surface area (Å²) in [6.45, 7) is 5.63. The third kappa shape index (κ3) is 47.3. The van der Waals surface area contributed by atoms with Crippen LogP contribution in [0.1, 0.15) is 252 Å². The summed E-state index contributed by atoms with van der Waals surface area (Å²) in [6, 6.07) is 0. The number of hydrogen-bond donors (Lipinski definition) is 0. The van der Waals surface area contributed by atoms with Gasteiger partial charge in [0.15, 0.2) is 6.10 Å². The largest absolute Gasteiger partial charge is 2.00 e. The van der Waals surface area contributed by atoms with Gasteiger partial charge in [-0.1, -0.05) is 203 Å². The second-order valence-corrected chi connectivity index (χ2v) is 22.9. The first-order chi connectivity index (χ1) is 41.5. The van der Waals surface area contributed by atoms with Crippen molar-refractivity contribution in [2.75, 3.05) is 13.2 Å². The topological polar surface area (TPSA) is 283 Å². The predicted molar refractivity (Wildman–Crippen MR) is 333 cm³/mol. The molecule has 0 spiro atoms. The van der Waals surface area contributed by atoms with E-state index in [4.69, 9.17) is 18.9 Å². The van der Waals surface area contributed by atoms with Gasteiger partial charge in [-0.25, -0.2) is 0 Å². The molecule has 1 heterocycles. The first-order valence-electron chi connectivity index (χ1n) is 32.6. The van der Waals surface area contributed by atoms with E-state index in [9.17, 15) is 63.6 Å². The maximum Gasteiger partial charge on any atom is 2.00 e. The number of aliphatic carboxylic acids is 4. The van der Waals surface area contributed by atoms with Gasteiger partial charge in [-0.3, -0.25) is 24.0 Å². The summed E-state index contributed by atoms with van der Waals surface area (Å²) in [4.78, 5) is 108. The molecule has 1 aliphatic heterocycles. The summed E-state index contributed by atoms with van der Waals surface area (Å²) in [6.07, 6.45) is 46.8. The van der Waals surface area contributed by atoms with Crippen molar-refractivity contribution in [1.82, 2.24) is 0 Å². The third-order valence-corrected chi connectivity index (χ3v) is 15.5. The van der Waals surface area contributed by atoms with E-state index >= 15 is 0 Å². The molecular formula is C69H104Ca2O17. The third-order valence-electron chi connectivity index (χ3n) is 15.5. The number of rotatable bonds is 56. The van der Waals surface area contributed by atoms with E-state index in [1.54, 1.807) is 18.2 Å². The summed E-state index contributed by atoms with van der Waals surface area (Å²) < 4.78 is 21.4. The van der Waals surface area contributed by atoms with Gasteiger partial charge in [-0.15, -0.1) is 0 Å². The Kier molecular flexibility index (Phi) is 57.4. The second kappa shape index (κ2) is 58.5. The van der Waals surface area contributed by atoms with E-state index in [1.807, 2.05) is 56.4 Å². The van der Waals surface area contributed by atoms with E-state index in [2.05, 4.69) is 19.1 Å². The smallest absolute Gasteiger partial charge is 0.550 e. The molecule has 0 aliphatic carbocycles. The molecule has 1 saturated heterocycles. The zero-order valence-corrected chi connectivity index (χ0v) is 58.1. The van der Waals surface area contributed by atoms with E-state index in [-0.39, 0.29) is 120 Å². The van der Waals surface area contributed by atoms with E-state index in [0.717, 1.165) is 148 Å². The summed E-state index contributed by atoms with van der Waals surface area (Å²) >= 11 is 0. The quantitative estimate of drug-likeness (QED) is 0.0104. The normalized spacial score (nSPS) is 15.5. The van der Waals surface area contributed by atoms with Gasteiger partial charge in [0.2, 0.25) is 0 Å². The maximum atomic E-state index is 13.0. The number of carbonyl (C=O) groups is 9. The molecule has 7 atom stereocenters. The van der Waals surface area contributed by atoms with Gasteiger partial charge in [0, 0.05) is 55.0 Å². The Morgan fingerprint density at radius 2 is 0.920 bits per heavy atom. The summed E-state index contributed by atoms with van der Waals surface area (Å²) in [5, 5.41) is 46.1. The minimum Gasteiger partial charge on any atom is -0.550 e. The minimum absolute atomic E-state index is 0. The molecule has 0 amide bonds. The summed E-state index contributed by atoms with van der Waals surface area (Å²) in [5.74, 6) is -11.6. The molecule has 1 aliphatic rings. The fourth-order valence-corrected chi connectivity index (χ4v) is 10.4. The van der Waals surface area contributed by atoms with E-state index in [1.165, 1.54) is 0 Å². The molecule has 17 nitrogen and oxygen atoms in total. The van der Waals surface area contributed by atoms with Crippen molar-refractivity contribution in [3.8, 4) is 0 Å². The first kappa shape index (κ1) is 86.5. The molecular weight excluding hydrogens is 1180 g/mol. The molecule has 0 aromatic rings. The Bertz CT molecular complexity index is 2130. The number of cyclic esters (lactones) is 2. The van der Waals surface area contributed by atoms with Crippen molar-refractivity contribution in [2.45, 2.75) is 258 Å². The molecule has 1 fully saturated rings. The van der Waals surface area contributed by atoms with Crippen LogP contribution in [0, 0.1) is 35.5 Å². The van der Waals surface area contributed by atoms with E-state index in [0.29, 0.717) is 44.9 Å². The minimum atomic E-state index is -1.42. The Morgan fingerprint density at radius 1 is 0.489 bits per heavy atom. The number of allylic oxidation sites excluding steroid dienone is 12. The van der Waals surface area contributed by atoms with Crippen LogP contribution in [0.5, 0.6) is 0 Å². The average molecular weight is 1290 g/mol. The van der Waals surface area contributed by atoms with Gasteiger partial charge >= 0.3 is 105 Å². The molecule has 88 heavy (non-hydrogen) atoms. The fraction of sp³-hybridized carbons (Fsp3) is 0.696. The number of carboxylic acids is 4. The molecule has 0 aromatic heterocycles. The van der Waals surface area contributed by atoms with Crippen LogP contribution in [-0.4, -0.2) is 149 Å². The molecule has 0 N–H and O–H groups in total. The van der Waals surface area contributed by atoms with Crippen molar-refractivity contribution >= 4 is 129 Å². The van der Waals surface area contributed by atoms with Crippen LogP contribution in [0.4, 0.5) is 0 Å². The van der Waals surface area contributed by atoms with E-state index < -0.39 is 102 Å². The van der Waals surface area contributed by atoms with Gasteiger partial charge in [-0.05, 0) is 114 Å². The molecule has 19 heteroatoms. The van der Waals surface area contributed by atoms with Gasteiger partial charge in [0.25, 0.3) is 0 Å². The molecule has 486 valence electrons. The zero-order chi connectivity index (χ0) is 63.4. The second-order valence-electron chi connectivity index (χ2n) is 22.9. The van der Waals surface area contributed by atoms with Gasteiger partial charge in [-0.2, -0.15) is 0 Å². The summed E-state index contributed by atoms with van der Waals surface area (Å²) in [7, 11) is 0. The Hall–Kier alpha value is -3.61.